The molecule has 182 valence electrons. The van der Waals surface area contributed by atoms with E-state index in [-0.39, 0.29) is 11.7 Å². The molecule has 0 aliphatic carbocycles. The number of ketones is 1. The van der Waals surface area contributed by atoms with Gasteiger partial charge in [0.2, 0.25) is 0 Å². The summed E-state index contributed by atoms with van der Waals surface area (Å²) in [4.78, 5) is 16.4. The largest absolute Gasteiger partial charge is 0.388 e. The highest BCUT2D eigenvalue weighted by Gasteiger charge is 2.17. The number of nitrogens with zero attached hydrogens (tertiary/aromatic N) is 1. The van der Waals surface area contributed by atoms with Gasteiger partial charge >= 0.3 is 0 Å². The Balaban J connectivity index is -0.00000116. The molecule has 0 saturated heterocycles. The molecule has 0 heterocycles. The Labute approximate surface area is 194 Å². The summed E-state index contributed by atoms with van der Waals surface area (Å²) in [5.74, 6) is 0.844. The number of carbonyl (C=O) groups is 1. The molecule has 2 N–H and O–H groups in total. The van der Waals surface area contributed by atoms with Crippen LogP contribution in [0.1, 0.15) is 88.0 Å². The second kappa shape index (κ2) is 24.6. The Kier molecular flexibility index (Phi) is 26.9. The minimum absolute atomic E-state index is 0.0247. The van der Waals surface area contributed by atoms with Crippen molar-refractivity contribution in [3.8, 4) is 0 Å². The predicted molar refractivity (Wildman–Crippen MR) is 142 cm³/mol. The quantitative estimate of drug-likeness (QED) is 0.263. The number of hydrogen-bond acceptors (Lipinski definition) is 4. The number of aliphatic imine (C=N–C) groups is 1. The van der Waals surface area contributed by atoms with E-state index in [0.29, 0.717) is 18.2 Å². The van der Waals surface area contributed by atoms with Crippen LogP contribution in [0.4, 0.5) is 0 Å². The topological polar surface area (TPSA) is 53.5 Å². The summed E-state index contributed by atoms with van der Waals surface area (Å²) in [6.45, 7) is 20.4. The minimum Gasteiger partial charge on any atom is -0.388 e. The zero-order valence-corrected chi connectivity index (χ0v) is 22.6. The second-order valence-corrected chi connectivity index (χ2v) is 7.98. The molecule has 0 aromatic carbocycles. The van der Waals surface area contributed by atoms with E-state index < -0.39 is 0 Å². The Bertz CT molecular complexity index is 543. The zero-order valence-electron chi connectivity index (χ0n) is 22.6. The van der Waals surface area contributed by atoms with Crippen LogP contribution in [-0.2, 0) is 4.79 Å². The van der Waals surface area contributed by atoms with E-state index in [1.165, 1.54) is 25.7 Å². The smallest absolute Gasteiger partial charge is 0.194 e. The molecule has 0 aliphatic rings. The molecule has 4 nitrogen and oxygen atoms in total. The molecule has 0 aromatic rings. The minimum atomic E-state index is 0.0247. The van der Waals surface area contributed by atoms with Gasteiger partial charge < -0.3 is 10.6 Å². The summed E-state index contributed by atoms with van der Waals surface area (Å²) < 4.78 is 0. The highest BCUT2D eigenvalue weighted by Crippen LogP contribution is 2.15. The number of allylic oxidation sites excluding steroid dienone is 6. The molecule has 0 amide bonds. The van der Waals surface area contributed by atoms with Gasteiger partial charge in [-0.2, -0.15) is 0 Å². The molecule has 0 rings (SSSR count). The van der Waals surface area contributed by atoms with Gasteiger partial charge in [0.15, 0.2) is 5.78 Å². The summed E-state index contributed by atoms with van der Waals surface area (Å²) in [6.07, 6.45) is 13.2. The average molecular weight is 436 g/mol. The molecule has 31 heavy (non-hydrogen) atoms. The van der Waals surface area contributed by atoms with E-state index in [2.05, 4.69) is 89.2 Å². The van der Waals surface area contributed by atoms with Gasteiger partial charge in [0, 0.05) is 25.2 Å². The Morgan fingerprint density at radius 3 is 2.03 bits per heavy atom. The van der Waals surface area contributed by atoms with E-state index in [0.717, 1.165) is 17.8 Å². The molecule has 4 heteroatoms. The van der Waals surface area contributed by atoms with Crippen LogP contribution in [0.25, 0.3) is 0 Å². The van der Waals surface area contributed by atoms with E-state index in [9.17, 15) is 4.79 Å². The number of hydrogen-bond donors (Lipinski definition) is 2. The molecule has 0 aliphatic heterocycles. The summed E-state index contributed by atoms with van der Waals surface area (Å²) in [5, 5.41) is 6.36. The molecule has 0 saturated carbocycles. The summed E-state index contributed by atoms with van der Waals surface area (Å²) in [6, 6.07) is 0. The fourth-order valence-electron chi connectivity index (χ4n) is 2.73. The molecule has 0 fully saturated rings. The SMILES string of the molecule is C/C=C(/C(=NC)C(=O)CNC)C(C)/C=C/C=C(\C)NC[C@@H](C)CCC.CCC.CCC. The first-order valence-corrected chi connectivity index (χ1v) is 12.1. The highest BCUT2D eigenvalue weighted by atomic mass is 16.1. The molecule has 1 unspecified atom stereocenters. The van der Waals surface area contributed by atoms with E-state index >= 15 is 0 Å². The van der Waals surface area contributed by atoms with Crippen LogP contribution in [0.2, 0.25) is 0 Å². The van der Waals surface area contributed by atoms with Gasteiger partial charge in [0.1, 0.15) is 5.71 Å². The van der Waals surface area contributed by atoms with E-state index in [4.69, 9.17) is 0 Å². The van der Waals surface area contributed by atoms with Crippen molar-refractivity contribution < 1.29 is 4.79 Å². The van der Waals surface area contributed by atoms with E-state index in [1.54, 1.807) is 14.1 Å². The molecule has 2 atom stereocenters. The average Bonchev–Trinajstić information content (AvgIpc) is 2.71. The first-order valence-electron chi connectivity index (χ1n) is 12.1. The third-order valence-corrected chi connectivity index (χ3v) is 4.16. The van der Waals surface area contributed by atoms with Crippen LogP contribution in [-0.4, -0.2) is 38.7 Å². The molecule has 0 radical (unpaired) electrons. The Morgan fingerprint density at radius 1 is 1.06 bits per heavy atom. The first-order chi connectivity index (χ1) is 14.7. The van der Waals surface area contributed by atoms with Crippen LogP contribution in [0.5, 0.6) is 0 Å². The molecular weight excluding hydrogens is 382 g/mol. The van der Waals surface area contributed by atoms with Crippen LogP contribution in [0.3, 0.4) is 0 Å². The standard InChI is InChI=1S/C21H37N3O.2C3H8/c1-8-11-16(3)14-24-18(5)13-10-12-17(4)19(9-2)21(23-7)20(25)15-22-6;2*1-3-2/h9-10,12-13,16-17,22,24H,8,11,14-15H2,1-7H3;2*3H2,1-2H3/b12-10+,18-13+,19-9+,23-21?;;/t16-,17?;;/m0../s1. The van der Waals surface area contributed by atoms with E-state index in [1.807, 2.05) is 13.0 Å². The molecule has 0 spiro atoms. The fourth-order valence-corrected chi connectivity index (χ4v) is 2.73. The third-order valence-electron chi connectivity index (χ3n) is 4.16. The van der Waals surface area contributed by atoms with Gasteiger partial charge in [-0.3, -0.25) is 9.79 Å². The Morgan fingerprint density at radius 2 is 1.61 bits per heavy atom. The lowest BCUT2D eigenvalue weighted by Gasteiger charge is -2.14. The molecular formula is C27H53N3O. The highest BCUT2D eigenvalue weighted by molar-refractivity contribution is 6.46. The van der Waals surface area contributed by atoms with Crippen molar-refractivity contribution >= 4 is 11.5 Å². The predicted octanol–water partition coefficient (Wildman–Crippen LogP) is 6.75. The van der Waals surface area contributed by atoms with Crippen molar-refractivity contribution in [3.63, 3.8) is 0 Å². The van der Waals surface area contributed by atoms with Crippen molar-refractivity contribution in [1.82, 2.24) is 10.6 Å². The number of Topliss-reactive ketones (excluding diaryl/α,β-unsaturated/α-hetero) is 1. The Hall–Kier alpha value is -1.68. The first kappa shape index (κ1) is 33.9. The number of rotatable bonds is 12. The summed E-state index contributed by atoms with van der Waals surface area (Å²) in [5.41, 5.74) is 2.68. The van der Waals surface area contributed by atoms with Crippen molar-refractivity contribution in [2.24, 2.45) is 16.8 Å². The monoisotopic (exact) mass is 435 g/mol. The van der Waals surface area contributed by atoms with Gasteiger partial charge in [0.05, 0.1) is 6.54 Å². The van der Waals surface area contributed by atoms with Gasteiger partial charge in [-0.15, -0.1) is 0 Å². The molecule has 0 aromatic heterocycles. The number of nitrogens with one attached hydrogen (secondary N) is 2. The molecule has 0 bridgehead atoms. The van der Waals surface area contributed by atoms with Crippen molar-refractivity contribution in [2.45, 2.75) is 88.0 Å². The van der Waals surface area contributed by atoms with Gasteiger partial charge in [-0.25, -0.2) is 0 Å². The maximum Gasteiger partial charge on any atom is 0.194 e. The normalized spacial score (nSPS) is 14.2. The van der Waals surface area contributed by atoms with Crippen molar-refractivity contribution in [1.29, 1.82) is 0 Å². The van der Waals surface area contributed by atoms with Gasteiger partial charge in [-0.05, 0) is 44.9 Å². The lowest BCUT2D eigenvalue weighted by atomic mass is 9.93. The van der Waals surface area contributed by atoms with Crippen LogP contribution < -0.4 is 10.6 Å². The zero-order chi connectivity index (χ0) is 24.7. The summed E-state index contributed by atoms with van der Waals surface area (Å²) >= 11 is 0. The van der Waals surface area contributed by atoms with Crippen molar-refractivity contribution in [3.05, 3.63) is 35.6 Å². The van der Waals surface area contributed by atoms with Gasteiger partial charge in [0.25, 0.3) is 0 Å². The van der Waals surface area contributed by atoms with Crippen LogP contribution >= 0.6 is 0 Å². The fraction of sp³-hybridized carbons (Fsp3) is 0.704. The van der Waals surface area contributed by atoms with Crippen molar-refractivity contribution in [2.75, 3.05) is 27.2 Å². The summed E-state index contributed by atoms with van der Waals surface area (Å²) in [7, 11) is 3.44. The maximum atomic E-state index is 12.2. The lowest BCUT2D eigenvalue weighted by molar-refractivity contribution is -0.112. The lowest BCUT2D eigenvalue weighted by Crippen LogP contribution is -2.29. The number of likely N-dealkylation sites (N-methyl/N-ethyl adjacent to an activating group) is 1. The third kappa shape index (κ3) is 20.0. The maximum absolute atomic E-state index is 12.2. The van der Waals surface area contributed by atoms with Crippen LogP contribution in [0.15, 0.2) is 40.6 Å². The second-order valence-electron chi connectivity index (χ2n) is 7.98. The van der Waals surface area contributed by atoms with Crippen LogP contribution in [0, 0.1) is 11.8 Å². The van der Waals surface area contributed by atoms with Gasteiger partial charge in [-0.1, -0.05) is 86.0 Å². The number of carbonyl (C=O) groups excluding carboxylic acids is 1.